The van der Waals surface area contributed by atoms with E-state index < -0.39 is 48.3 Å². The molecule has 1 aliphatic heterocycles. The van der Waals surface area contributed by atoms with Crippen molar-refractivity contribution in [1.29, 1.82) is 0 Å². The number of hydrogen-bond acceptors (Lipinski definition) is 7. The minimum absolute atomic E-state index is 0.0316. The first-order valence-electron chi connectivity index (χ1n) is 14.8. The van der Waals surface area contributed by atoms with E-state index in [2.05, 4.69) is 0 Å². The Kier molecular flexibility index (Phi) is 15.8. The molecule has 0 aromatic carbocycles. The first-order valence-corrected chi connectivity index (χ1v) is 14.8. The van der Waals surface area contributed by atoms with Crippen LogP contribution in [0.5, 0.6) is 0 Å². The summed E-state index contributed by atoms with van der Waals surface area (Å²) in [5.41, 5.74) is 2.28. The fourth-order valence-electron chi connectivity index (χ4n) is 5.23. The fourth-order valence-corrected chi connectivity index (χ4v) is 5.23. The Morgan fingerprint density at radius 1 is 1.17 bits per heavy atom. The molecule has 0 saturated heterocycles. The molecule has 232 valence electrons. The summed E-state index contributed by atoms with van der Waals surface area (Å²) in [5.74, 6) is -2.52. The maximum absolute atomic E-state index is 13.2. The summed E-state index contributed by atoms with van der Waals surface area (Å²) < 4.78 is 11.7. The van der Waals surface area contributed by atoms with E-state index in [4.69, 9.17) is 9.47 Å². The van der Waals surface area contributed by atoms with Crippen molar-refractivity contribution in [3.63, 3.8) is 0 Å². The Morgan fingerprint density at radius 3 is 2.39 bits per heavy atom. The van der Waals surface area contributed by atoms with Gasteiger partial charge in [-0.1, -0.05) is 83.1 Å². The highest BCUT2D eigenvalue weighted by Gasteiger charge is 2.37. The Hall–Kier alpha value is -2.32. The SMILES string of the molecule is CC[C@@H](O)[C@H](C)/C=C/C(=O)[C@@H](C)[C@H](O)[C@H](C)[C@H]1OC(=O)/C(C)=C\C(C)=C/[C@@H](C)[C@@H](O)[C@@H](C)C/C(C)=C\C=C/[C@H]1OC. The molecule has 0 aromatic rings. The molecule has 0 spiro atoms. The zero-order chi connectivity index (χ0) is 31.4. The predicted octanol–water partition coefficient (Wildman–Crippen LogP) is 5.51. The van der Waals surface area contributed by atoms with E-state index in [-0.39, 0.29) is 23.5 Å². The molecule has 7 nitrogen and oxygen atoms in total. The van der Waals surface area contributed by atoms with E-state index in [0.717, 1.165) is 11.1 Å². The van der Waals surface area contributed by atoms with E-state index in [0.29, 0.717) is 18.4 Å². The molecule has 1 aliphatic rings. The van der Waals surface area contributed by atoms with Gasteiger partial charge in [-0.05, 0) is 51.7 Å². The molecule has 0 saturated carbocycles. The number of cyclic esters (lactones) is 1. The maximum atomic E-state index is 13.2. The van der Waals surface area contributed by atoms with Gasteiger partial charge in [0, 0.05) is 36.4 Å². The minimum Gasteiger partial charge on any atom is -0.456 e. The van der Waals surface area contributed by atoms with Crippen LogP contribution < -0.4 is 0 Å². The number of carbonyl (C=O) groups is 2. The first kappa shape index (κ1) is 36.7. The molecule has 1 heterocycles. The predicted molar refractivity (Wildman–Crippen MR) is 164 cm³/mol. The van der Waals surface area contributed by atoms with Gasteiger partial charge in [0.15, 0.2) is 5.78 Å². The topological polar surface area (TPSA) is 113 Å². The molecule has 3 N–H and O–H groups in total. The van der Waals surface area contributed by atoms with E-state index in [1.807, 2.05) is 59.8 Å². The standard InChI is InChI=1S/C34H54O7/c1-11-28(35)22(4)15-16-29(36)26(8)32(38)27(9)33-30(40-10)14-12-13-20(2)17-23(5)31(37)24(6)18-21(3)19-25(7)34(39)41-33/h12-16,18-19,22-24,26-28,30-33,35,37-38H,11,17H2,1-10H3/b14-12-,16-15+,20-13-,21-18-,25-19-/t22-,23+,24-,26-,27+,28-,30-,31+,32+,33-/m1/s1. The van der Waals surface area contributed by atoms with Crippen LogP contribution in [0.15, 0.2) is 59.3 Å². The molecule has 10 atom stereocenters. The molecular formula is C34H54O7. The lowest BCUT2D eigenvalue weighted by Gasteiger charge is -2.33. The third-order valence-electron chi connectivity index (χ3n) is 8.19. The van der Waals surface area contributed by atoms with Crippen LogP contribution in [0.1, 0.15) is 75.2 Å². The lowest BCUT2D eigenvalue weighted by atomic mass is 9.84. The van der Waals surface area contributed by atoms with E-state index in [1.54, 1.807) is 39.0 Å². The van der Waals surface area contributed by atoms with Gasteiger partial charge in [-0.25, -0.2) is 4.79 Å². The molecular weight excluding hydrogens is 520 g/mol. The smallest absolute Gasteiger partial charge is 0.334 e. The van der Waals surface area contributed by atoms with Crippen LogP contribution in [0.2, 0.25) is 0 Å². The summed E-state index contributed by atoms with van der Waals surface area (Å²) in [7, 11) is 1.51. The number of carbonyl (C=O) groups excluding carboxylic acids is 2. The number of rotatable bonds is 9. The quantitative estimate of drug-likeness (QED) is 0.246. The number of ketones is 1. The summed E-state index contributed by atoms with van der Waals surface area (Å²) in [4.78, 5) is 26.2. The van der Waals surface area contributed by atoms with E-state index >= 15 is 0 Å². The average Bonchev–Trinajstić information content (AvgIpc) is 2.93. The average molecular weight is 575 g/mol. The van der Waals surface area contributed by atoms with Crippen LogP contribution in [0.4, 0.5) is 0 Å². The van der Waals surface area contributed by atoms with Gasteiger partial charge in [-0.15, -0.1) is 0 Å². The molecule has 0 amide bonds. The Labute approximate surface area is 247 Å². The van der Waals surface area contributed by atoms with Gasteiger partial charge >= 0.3 is 5.97 Å². The van der Waals surface area contributed by atoms with Crippen molar-refractivity contribution in [2.45, 2.75) is 106 Å². The second-order valence-electron chi connectivity index (χ2n) is 12.0. The van der Waals surface area contributed by atoms with Crippen LogP contribution in [0.3, 0.4) is 0 Å². The van der Waals surface area contributed by atoms with Gasteiger partial charge in [-0.2, -0.15) is 0 Å². The van der Waals surface area contributed by atoms with Gasteiger partial charge in [0.05, 0.1) is 18.3 Å². The van der Waals surface area contributed by atoms with Crippen LogP contribution in [-0.4, -0.2) is 64.7 Å². The van der Waals surface area contributed by atoms with Crippen molar-refractivity contribution in [2.24, 2.45) is 29.6 Å². The second kappa shape index (κ2) is 17.6. The molecule has 41 heavy (non-hydrogen) atoms. The zero-order valence-electron chi connectivity index (χ0n) is 26.7. The molecule has 0 aromatic heterocycles. The molecule has 0 fully saturated rings. The molecule has 0 radical (unpaired) electrons. The molecule has 7 heteroatoms. The highest BCUT2D eigenvalue weighted by atomic mass is 16.6. The summed E-state index contributed by atoms with van der Waals surface area (Å²) in [6.45, 7) is 16.6. The van der Waals surface area contributed by atoms with E-state index in [1.165, 1.54) is 13.2 Å². The fraction of sp³-hybridized carbons (Fsp3) is 0.647. The lowest BCUT2D eigenvalue weighted by molar-refractivity contribution is -0.158. The highest BCUT2D eigenvalue weighted by Crippen LogP contribution is 2.27. The van der Waals surface area contributed by atoms with Gasteiger partial charge in [0.1, 0.15) is 12.2 Å². The van der Waals surface area contributed by atoms with Crippen molar-refractivity contribution in [2.75, 3.05) is 7.11 Å². The Bertz CT molecular complexity index is 1000. The third-order valence-corrected chi connectivity index (χ3v) is 8.19. The number of ether oxygens (including phenoxy) is 2. The van der Waals surface area contributed by atoms with Crippen molar-refractivity contribution < 1.29 is 34.4 Å². The van der Waals surface area contributed by atoms with Crippen LogP contribution in [0, 0.1) is 29.6 Å². The minimum atomic E-state index is -1.13. The number of aliphatic hydroxyl groups is 3. The summed E-state index contributed by atoms with van der Waals surface area (Å²) in [6.07, 6.45) is 9.82. The van der Waals surface area contributed by atoms with Crippen molar-refractivity contribution in [3.8, 4) is 0 Å². The second-order valence-corrected chi connectivity index (χ2v) is 12.0. The molecule has 0 unspecified atom stereocenters. The van der Waals surface area contributed by atoms with Crippen molar-refractivity contribution >= 4 is 11.8 Å². The third kappa shape index (κ3) is 11.5. The number of esters is 1. The molecule has 0 bridgehead atoms. The van der Waals surface area contributed by atoms with Crippen LogP contribution >= 0.6 is 0 Å². The lowest BCUT2D eigenvalue weighted by Crippen LogP contribution is -2.45. The maximum Gasteiger partial charge on any atom is 0.334 e. The van der Waals surface area contributed by atoms with E-state index in [9.17, 15) is 24.9 Å². The number of methoxy groups -OCH3 is 1. The molecule has 0 aliphatic carbocycles. The zero-order valence-corrected chi connectivity index (χ0v) is 26.7. The highest BCUT2D eigenvalue weighted by molar-refractivity contribution is 5.92. The van der Waals surface area contributed by atoms with Gasteiger partial charge in [0.2, 0.25) is 0 Å². The van der Waals surface area contributed by atoms with Gasteiger partial charge in [0.25, 0.3) is 0 Å². The van der Waals surface area contributed by atoms with Crippen molar-refractivity contribution in [1.82, 2.24) is 0 Å². The van der Waals surface area contributed by atoms with Crippen molar-refractivity contribution in [3.05, 3.63) is 59.3 Å². The Balaban J connectivity index is 3.41. The number of aliphatic hydroxyl groups excluding tert-OH is 3. The first-order chi connectivity index (χ1) is 19.1. The van der Waals surface area contributed by atoms with Gasteiger partial charge in [-0.3, -0.25) is 4.79 Å². The number of hydrogen-bond donors (Lipinski definition) is 3. The van der Waals surface area contributed by atoms with Crippen LogP contribution in [0.25, 0.3) is 0 Å². The Morgan fingerprint density at radius 2 is 1.80 bits per heavy atom. The summed E-state index contributed by atoms with van der Waals surface area (Å²) >= 11 is 0. The largest absolute Gasteiger partial charge is 0.456 e. The summed E-state index contributed by atoms with van der Waals surface area (Å²) in [6, 6.07) is 0. The number of allylic oxidation sites excluding steroid dienone is 6. The summed E-state index contributed by atoms with van der Waals surface area (Å²) in [5, 5.41) is 32.1. The normalized spacial score (nSPS) is 33.6. The van der Waals surface area contributed by atoms with Crippen LogP contribution in [-0.2, 0) is 19.1 Å². The molecule has 1 rings (SSSR count). The monoisotopic (exact) mass is 574 g/mol. The van der Waals surface area contributed by atoms with Gasteiger partial charge < -0.3 is 24.8 Å².